The Morgan fingerprint density at radius 2 is 1.67 bits per heavy atom. The monoisotopic (exact) mass is 232 g/mol. The number of carbonyl (C=O) groups is 1. The van der Waals surface area contributed by atoms with Crippen LogP contribution in [0.2, 0.25) is 0 Å². The molecule has 0 atom stereocenters. The van der Waals surface area contributed by atoms with Crippen LogP contribution in [0.4, 0.5) is 0 Å². The first kappa shape index (κ1) is 13.6. The molecule has 0 aliphatic carbocycles. The van der Waals surface area contributed by atoms with Crippen LogP contribution < -0.4 is 0 Å². The fraction of sp³-hybridized carbons (Fsp3) is 0.300. The Kier molecular flexibility index (Phi) is 4.94. The van der Waals surface area contributed by atoms with Crippen molar-refractivity contribution in [2.75, 3.05) is 0 Å². The van der Waals surface area contributed by atoms with Crippen molar-refractivity contribution in [1.82, 2.24) is 0 Å². The van der Waals surface area contributed by atoms with Crippen LogP contribution in [0.5, 0.6) is 17.2 Å². The fourth-order valence-electron chi connectivity index (χ4n) is 1.24. The van der Waals surface area contributed by atoms with Gasteiger partial charge in [-0.25, -0.2) is 0 Å². The quantitative estimate of drug-likeness (QED) is 0.699. The van der Waals surface area contributed by atoms with E-state index in [-0.39, 0.29) is 47.4 Å². The molecule has 5 heteroatoms. The molecule has 0 heterocycles. The van der Waals surface area contributed by atoms with E-state index in [0.29, 0.717) is 6.42 Å². The molecule has 0 aliphatic heterocycles. The van der Waals surface area contributed by atoms with Crippen LogP contribution in [-0.4, -0.2) is 21.1 Å². The van der Waals surface area contributed by atoms with Crippen molar-refractivity contribution in [2.24, 2.45) is 0 Å². The molecule has 0 amide bonds. The Morgan fingerprint density at radius 3 is 2.07 bits per heavy atom. The molecule has 0 unspecified atom stereocenters. The van der Waals surface area contributed by atoms with E-state index in [9.17, 15) is 15.0 Å². The number of rotatable bonds is 3. The normalized spacial score (nSPS) is 9.40. The van der Waals surface area contributed by atoms with Gasteiger partial charge in [0.15, 0.2) is 5.78 Å². The smallest absolute Gasteiger partial charge is 0.170 e. The van der Waals surface area contributed by atoms with Crippen LogP contribution in [-0.2, 0) is 0 Å². The highest BCUT2D eigenvalue weighted by Gasteiger charge is 2.16. The number of carbonyl (C=O) groups excluding carboxylic acids is 1. The average Bonchev–Trinajstić information content (AvgIpc) is 2.01. The highest BCUT2D eigenvalue weighted by atomic mass is 35.5. The van der Waals surface area contributed by atoms with Gasteiger partial charge in [-0.05, 0) is 6.42 Å². The van der Waals surface area contributed by atoms with Gasteiger partial charge in [-0.15, -0.1) is 12.4 Å². The molecule has 1 aromatic carbocycles. The van der Waals surface area contributed by atoms with Crippen LogP contribution in [0, 0.1) is 0 Å². The molecule has 0 aromatic heterocycles. The predicted octanol–water partition coefficient (Wildman–Crippen LogP) is 2.21. The topological polar surface area (TPSA) is 77.8 Å². The Hall–Kier alpha value is -1.42. The van der Waals surface area contributed by atoms with E-state index in [1.165, 1.54) is 0 Å². The summed E-state index contributed by atoms with van der Waals surface area (Å²) in [4.78, 5) is 11.4. The van der Waals surface area contributed by atoms with Gasteiger partial charge in [0.25, 0.3) is 0 Å². The number of phenolic OH excluding ortho intramolecular Hbond substituents is 3. The zero-order chi connectivity index (χ0) is 10.7. The number of benzene rings is 1. The Morgan fingerprint density at radius 1 is 1.20 bits per heavy atom. The van der Waals surface area contributed by atoms with Gasteiger partial charge in [0.1, 0.15) is 22.8 Å². The Balaban J connectivity index is 0.00000196. The minimum Gasteiger partial charge on any atom is -0.508 e. The number of aromatic hydroxyl groups is 3. The minimum atomic E-state index is -0.388. The number of Topliss-reactive ketones (excluding diaryl/α,β-unsaturated/α-hetero) is 1. The summed E-state index contributed by atoms with van der Waals surface area (Å²) in [5.41, 5.74) is -0.121. The first-order valence-corrected chi connectivity index (χ1v) is 4.34. The molecule has 0 bridgehead atoms. The van der Waals surface area contributed by atoms with E-state index < -0.39 is 0 Å². The SMILES string of the molecule is CCCC(=O)c1c(O)cc(O)cc1O.Cl. The molecule has 1 rings (SSSR count). The second-order valence-electron chi connectivity index (χ2n) is 3.03. The molecule has 1 aromatic rings. The maximum absolute atomic E-state index is 11.4. The molecule has 3 N–H and O–H groups in total. The molecule has 84 valence electrons. The van der Waals surface area contributed by atoms with E-state index in [4.69, 9.17) is 5.11 Å². The van der Waals surface area contributed by atoms with Gasteiger partial charge in [-0.1, -0.05) is 6.92 Å². The number of ketones is 1. The first-order chi connectivity index (χ1) is 6.56. The largest absolute Gasteiger partial charge is 0.508 e. The molecule has 15 heavy (non-hydrogen) atoms. The summed E-state index contributed by atoms with van der Waals surface area (Å²) in [6, 6.07) is 2.06. The van der Waals surface area contributed by atoms with Gasteiger partial charge >= 0.3 is 0 Å². The van der Waals surface area contributed by atoms with Crippen LogP contribution in [0.15, 0.2) is 12.1 Å². The van der Waals surface area contributed by atoms with Gasteiger partial charge in [-0.2, -0.15) is 0 Å². The lowest BCUT2D eigenvalue weighted by atomic mass is 10.0. The molecule has 4 nitrogen and oxygen atoms in total. The van der Waals surface area contributed by atoms with Crippen molar-refractivity contribution in [3.63, 3.8) is 0 Å². The summed E-state index contributed by atoms with van der Waals surface area (Å²) >= 11 is 0. The number of hydrogen-bond donors (Lipinski definition) is 3. The van der Waals surface area contributed by atoms with E-state index in [1.54, 1.807) is 0 Å². The summed E-state index contributed by atoms with van der Waals surface area (Å²) in [6.45, 7) is 1.83. The van der Waals surface area contributed by atoms with E-state index >= 15 is 0 Å². The fourth-order valence-corrected chi connectivity index (χ4v) is 1.24. The molecule has 0 radical (unpaired) electrons. The minimum absolute atomic E-state index is 0. The lowest BCUT2D eigenvalue weighted by molar-refractivity contribution is 0.0976. The summed E-state index contributed by atoms with van der Waals surface area (Å²) in [5, 5.41) is 27.7. The molecule has 0 saturated heterocycles. The van der Waals surface area contributed by atoms with Crippen molar-refractivity contribution < 1.29 is 20.1 Å². The predicted molar refractivity (Wildman–Crippen MR) is 57.9 cm³/mol. The molecule has 0 saturated carbocycles. The van der Waals surface area contributed by atoms with Gasteiger partial charge in [0, 0.05) is 18.6 Å². The second-order valence-corrected chi connectivity index (χ2v) is 3.03. The molecular weight excluding hydrogens is 220 g/mol. The van der Waals surface area contributed by atoms with E-state index in [2.05, 4.69) is 0 Å². The zero-order valence-corrected chi connectivity index (χ0v) is 9.04. The van der Waals surface area contributed by atoms with Gasteiger partial charge in [0.2, 0.25) is 0 Å². The van der Waals surface area contributed by atoms with Crippen LogP contribution in [0.25, 0.3) is 0 Å². The van der Waals surface area contributed by atoms with Crippen molar-refractivity contribution in [3.05, 3.63) is 17.7 Å². The standard InChI is InChI=1S/C10H12O4.ClH/c1-2-3-7(12)10-8(13)4-6(11)5-9(10)14;/h4-5,11,13-14H,2-3H2,1H3;1H. The van der Waals surface area contributed by atoms with Crippen molar-refractivity contribution >= 4 is 18.2 Å². The average molecular weight is 233 g/mol. The van der Waals surface area contributed by atoms with Gasteiger partial charge in [-0.3, -0.25) is 4.79 Å². The molecule has 0 aliphatic rings. The van der Waals surface area contributed by atoms with Crippen molar-refractivity contribution in [2.45, 2.75) is 19.8 Å². The first-order valence-electron chi connectivity index (χ1n) is 4.34. The highest BCUT2D eigenvalue weighted by Crippen LogP contribution is 2.32. The van der Waals surface area contributed by atoms with Crippen LogP contribution >= 0.6 is 12.4 Å². The Bertz CT molecular complexity index is 339. The maximum atomic E-state index is 11.4. The summed E-state index contributed by atoms with van der Waals surface area (Å²) in [6.07, 6.45) is 0.893. The molecule has 0 fully saturated rings. The third kappa shape index (κ3) is 3.02. The number of hydrogen-bond acceptors (Lipinski definition) is 4. The van der Waals surface area contributed by atoms with Gasteiger partial charge in [0.05, 0.1) is 0 Å². The maximum Gasteiger partial charge on any atom is 0.170 e. The van der Waals surface area contributed by atoms with E-state index in [1.807, 2.05) is 6.92 Å². The Labute approximate surface area is 93.6 Å². The summed E-state index contributed by atoms with van der Waals surface area (Å²) in [7, 11) is 0. The lowest BCUT2D eigenvalue weighted by Crippen LogP contribution is -1.99. The second kappa shape index (κ2) is 5.46. The van der Waals surface area contributed by atoms with Crippen LogP contribution in [0.1, 0.15) is 30.1 Å². The third-order valence-electron chi connectivity index (χ3n) is 1.84. The highest BCUT2D eigenvalue weighted by molar-refractivity contribution is 6.01. The zero-order valence-electron chi connectivity index (χ0n) is 8.23. The van der Waals surface area contributed by atoms with Crippen LogP contribution in [0.3, 0.4) is 0 Å². The molecule has 0 spiro atoms. The number of halogens is 1. The summed E-state index contributed by atoms with van der Waals surface area (Å²) < 4.78 is 0. The summed E-state index contributed by atoms with van der Waals surface area (Å²) in [5.74, 6) is -1.38. The van der Waals surface area contributed by atoms with Gasteiger partial charge < -0.3 is 15.3 Å². The number of phenols is 3. The van der Waals surface area contributed by atoms with E-state index in [0.717, 1.165) is 12.1 Å². The third-order valence-corrected chi connectivity index (χ3v) is 1.84. The lowest BCUT2D eigenvalue weighted by Gasteiger charge is -2.05. The van der Waals surface area contributed by atoms with Crippen molar-refractivity contribution in [3.8, 4) is 17.2 Å². The molecular formula is C10H13ClO4. The van der Waals surface area contributed by atoms with Crippen molar-refractivity contribution in [1.29, 1.82) is 0 Å².